The summed E-state index contributed by atoms with van der Waals surface area (Å²) in [5.41, 5.74) is 0.936. The number of benzene rings is 1. The van der Waals surface area contributed by atoms with Gasteiger partial charge in [-0.15, -0.1) is 0 Å². The maximum Gasteiger partial charge on any atom is 0.236 e. The predicted molar refractivity (Wildman–Crippen MR) is 108 cm³/mol. The first kappa shape index (κ1) is 21.5. The van der Waals surface area contributed by atoms with E-state index >= 15 is 0 Å². The van der Waals surface area contributed by atoms with Gasteiger partial charge in [-0.25, -0.2) is 0 Å². The zero-order valence-electron chi connectivity index (χ0n) is 15.7. The molecule has 0 aromatic heterocycles. The Morgan fingerprint density at radius 1 is 1.27 bits per heavy atom. The minimum atomic E-state index is -0.248. The number of unbranched alkanes of at least 4 members (excludes halogenated alkanes) is 2. The topological polar surface area (TPSA) is 50.4 Å². The molecule has 2 rings (SSSR count). The molecule has 0 bridgehead atoms. The van der Waals surface area contributed by atoms with Gasteiger partial charge < -0.3 is 15.4 Å². The molecule has 1 heterocycles. The van der Waals surface area contributed by atoms with Crippen LogP contribution in [0.4, 0.5) is 0 Å². The first-order chi connectivity index (χ1) is 12.5. The smallest absolute Gasteiger partial charge is 0.236 e. The number of rotatable bonds is 9. The summed E-state index contributed by atoms with van der Waals surface area (Å²) >= 11 is 12.6. The molecule has 1 saturated heterocycles. The number of carbonyl (C=O) groups excluding carboxylic acids is 1. The highest BCUT2D eigenvalue weighted by Crippen LogP contribution is 2.39. The van der Waals surface area contributed by atoms with Crippen molar-refractivity contribution in [3.05, 3.63) is 33.8 Å². The Morgan fingerprint density at radius 2 is 2.00 bits per heavy atom. The average molecular weight is 401 g/mol. The van der Waals surface area contributed by atoms with Crippen molar-refractivity contribution in [2.24, 2.45) is 0 Å². The SMILES string of the molecule is CCCCCNC(=O)C(C)NCC1(c2ccc(Cl)cc2Cl)CCOCC1. The number of amides is 1. The van der Waals surface area contributed by atoms with E-state index in [1.807, 2.05) is 19.1 Å². The van der Waals surface area contributed by atoms with Gasteiger partial charge in [-0.2, -0.15) is 0 Å². The van der Waals surface area contributed by atoms with Crippen LogP contribution in [0, 0.1) is 0 Å². The van der Waals surface area contributed by atoms with E-state index in [1.54, 1.807) is 6.07 Å². The van der Waals surface area contributed by atoms with E-state index in [2.05, 4.69) is 17.6 Å². The van der Waals surface area contributed by atoms with E-state index in [0.29, 0.717) is 29.8 Å². The van der Waals surface area contributed by atoms with Crippen molar-refractivity contribution in [3.8, 4) is 0 Å². The van der Waals surface area contributed by atoms with Crippen molar-refractivity contribution in [2.75, 3.05) is 26.3 Å². The maximum atomic E-state index is 12.3. The van der Waals surface area contributed by atoms with Gasteiger partial charge in [0.1, 0.15) is 0 Å². The summed E-state index contributed by atoms with van der Waals surface area (Å²) in [6.45, 7) is 6.87. The summed E-state index contributed by atoms with van der Waals surface area (Å²) < 4.78 is 5.56. The second kappa shape index (κ2) is 10.5. The molecule has 1 atom stereocenters. The molecule has 1 aliphatic rings. The first-order valence-electron chi connectivity index (χ1n) is 9.53. The Bertz CT molecular complexity index is 589. The molecule has 1 aromatic rings. The largest absolute Gasteiger partial charge is 0.381 e. The molecular weight excluding hydrogens is 371 g/mol. The zero-order chi connectivity index (χ0) is 19.0. The van der Waals surface area contributed by atoms with Crippen LogP contribution >= 0.6 is 23.2 Å². The zero-order valence-corrected chi connectivity index (χ0v) is 17.3. The highest BCUT2D eigenvalue weighted by atomic mass is 35.5. The Hall–Kier alpha value is -0.810. The molecule has 0 radical (unpaired) electrons. The quantitative estimate of drug-likeness (QED) is 0.606. The van der Waals surface area contributed by atoms with Crippen molar-refractivity contribution in [2.45, 2.75) is 57.4 Å². The van der Waals surface area contributed by atoms with Gasteiger partial charge in [0.25, 0.3) is 0 Å². The van der Waals surface area contributed by atoms with Gasteiger partial charge in [-0.05, 0) is 43.9 Å². The summed E-state index contributed by atoms with van der Waals surface area (Å²) in [7, 11) is 0. The lowest BCUT2D eigenvalue weighted by Crippen LogP contribution is -2.49. The fourth-order valence-corrected chi connectivity index (χ4v) is 4.01. The number of hydrogen-bond acceptors (Lipinski definition) is 3. The van der Waals surface area contributed by atoms with Crippen LogP contribution in [0.5, 0.6) is 0 Å². The molecule has 1 amide bonds. The molecule has 1 unspecified atom stereocenters. The Labute approximate surface area is 167 Å². The van der Waals surface area contributed by atoms with Gasteiger partial charge in [0.05, 0.1) is 6.04 Å². The number of nitrogens with one attached hydrogen (secondary N) is 2. The van der Waals surface area contributed by atoms with Crippen LogP contribution in [0.1, 0.15) is 51.5 Å². The number of hydrogen-bond donors (Lipinski definition) is 2. The second-order valence-corrected chi connectivity index (χ2v) is 7.96. The standard InChI is InChI=1S/C20H30Cl2N2O2/c1-3-4-5-10-23-19(25)15(2)24-14-20(8-11-26-12-9-20)17-7-6-16(21)13-18(17)22/h6-7,13,15,24H,3-5,8-12,14H2,1-2H3,(H,23,25). The van der Waals surface area contributed by atoms with Crippen molar-refractivity contribution >= 4 is 29.1 Å². The van der Waals surface area contributed by atoms with Gasteiger partial charge in [0.2, 0.25) is 5.91 Å². The molecule has 6 heteroatoms. The second-order valence-electron chi connectivity index (χ2n) is 7.12. The molecule has 0 spiro atoms. The number of halogens is 2. The Morgan fingerprint density at radius 3 is 2.65 bits per heavy atom. The van der Waals surface area contributed by atoms with Crippen LogP contribution in [-0.2, 0) is 14.9 Å². The van der Waals surface area contributed by atoms with E-state index in [9.17, 15) is 4.79 Å². The molecule has 2 N–H and O–H groups in total. The lowest BCUT2D eigenvalue weighted by Gasteiger charge is -2.39. The number of ether oxygens (including phenoxy) is 1. The summed E-state index contributed by atoms with van der Waals surface area (Å²) in [6, 6.07) is 5.43. The Kier molecular flexibility index (Phi) is 8.68. The monoisotopic (exact) mass is 400 g/mol. The van der Waals surface area contributed by atoms with E-state index < -0.39 is 0 Å². The summed E-state index contributed by atoms with van der Waals surface area (Å²) in [5, 5.41) is 7.73. The molecule has 1 aliphatic heterocycles. The third-order valence-electron chi connectivity index (χ3n) is 5.17. The van der Waals surface area contributed by atoms with E-state index in [0.717, 1.165) is 44.2 Å². The van der Waals surface area contributed by atoms with Gasteiger partial charge in [-0.1, -0.05) is 49.0 Å². The minimum Gasteiger partial charge on any atom is -0.381 e. The fourth-order valence-electron chi connectivity index (χ4n) is 3.40. The fraction of sp³-hybridized carbons (Fsp3) is 0.650. The van der Waals surface area contributed by atoms with Gasteiger partial charge in [0.15, 0.2) is 0 Å². The molecule has 0 aliphatic carbocycles. The van der Waals surface area contributed by atoms with E-state index in [4.69, 9.17) is 27.9 Å². The molecule has 1 fully saturated rings. The van der Waals surface area contributed by atoms with Crippen LogP contribution in [0.25, 0.3) is 0 Å². The van der Waals surface area contributed by atoms with Crippen molar-refractivity contribution < 1.29 is 9.53 Å². The maximum absolute atomic E-state index is 12.3. The average Bonchev–Trinajstić information content (AvgIpc) is 2.63. The summed E-state index contributed by atoms with van der Waals surface area (Å²) in [6.07, 6.45) is 5.05. The van der Waals surface area contributed by atoms with Crippen LogP contribution in [0.2, 0.25) is 10.0 Å². The predicted octanol–water partition coefficient (Wildman–Crippen LogP) is 4.33. The molecular formula is C20H30Cl2N2O2. The van der Waals surface area contributed by atoms with Crippen molar-refractivity contribution in [1.29, 1.82) is 0 Å². The van der Waals surface area contributed by atoms with Crippen molar-refractivity contribution in [1.82, 2.24) is 10.6 Å². The minimum absolute atomic E-state index is 0.0468. The Balaban J connectivity index is 2.00. The lowest BCUT2D eigenvalue weighted by atomic mass is 9.74. The first-order valence-corrected chi connectivity index (χ1v) is 10.3. The normalized spacial score (nSPS) is 17.7. The highest BCUT2D eigenvalue weighted by Gasteiger charge is 2.36. The van der Waals surface area contributed by atoms with Crippen LogP contribution < -0.4 is 10.6 Å². The van der Waals surface area contributed by atoms with Gasteiger partial charge in [0, 0.05) is 41.8 Å². The van der Waals surface area contributed by atoms with Crippen molar-refractivity contribution in [3.63, 3.8) is 0 Å². The molecule has 146 valence electrons. The third-order valence-corrected chi connectivity index (χ3v) is 5.72. The van der Waals surface area contributed by atoms with Gasteiger partial charge in [-0.3, -0.25) is 4.79 Å². The van der Waals surface area contributed by atoms with E-state index in [-0.39, 0.29) is 17.4 Å². The van der Waals surface area contributed by atoms with Crippen LogP contribution in [0.3, 0.4) is 0 Å². The van der Waals surface area contributed by atoms with E-state index in [1.165, 1.54) is 0 Å². The van der Waals surface area contributed by atoms with Crippen LogP contribution in [0.15, 0.2) is 18.2 Å². The molecule has 26 heavy (non-hydrogen) atoms. The molecule has 0 saturated carbocycles. The lowest BCUT2D eigenvalue weighted by molar-refractivity contribution is -0.122. The van der Waals surface area contributed by atoms with Gasteiger partial charge >= 0.3 is 0 Å². The third kappa shape index (κ3) is 5.85. The highest BCUT2D eigenvalue weighted by molar-refractivity contribution is 6.35. The summed E-state index contributed by atoms with van der Waals surface area (Å²) in [5.74, 6) is 0.0468. The number of carbonyl (C=O) groups is 1. The summed E-state index contributed by atoms with van der Waals surface area (Å²) in [4.78, 5) is 12.3. The molecule has 4 nitrogen and oxygen atoms in total. The molecule has 1 aromatic carbocycles. The van der Waals surface area contributed by atoms with Crippen LogP contribution in [-0.4, -0.2) is 38.3 Å².